The van der Waals surface area contributed by atoms with Crippen LogP contribution in [0.2, 0.25) is 0 Å². The van der Waals surface area contributed by atoms with Gasteiger partial charge in [0, 0.05) is 12.6 Å². The largest absolute Gasteiger partial charge is 0.331 e. The van der Waals surface area contributed by atoms with E-state index in [2.05, 4.69) is 4.72 Å². The van der Waals surface area contributed by atoms with Gasteiger partial charge in [0.15, 0.2) is 0 Å². The fraction of sp³-hybridized carbons (Fsp3) is 0.400. The van der Waals surface area contributed by atoms with Crippen LogP contribution in [0.5, 0.6) is 0 Å². The average Bonchev–Trinajstić information content (AvgIpc) is 2.46. The van der Waals surface area contributed by atoms with Gasteiger partial charge in [-0.1, -0.05) is 30.3 Å². The molecule has 1 heterocycles. The first-order valence-electron chi connectivity index (χ1n) is 7.04. The van der Waals surface area contributed by atoms with E-state index in [-0.39, 0.29) is 6.04 Å². The van der Waals surface area contributed by atoms with Gasteiger partial charge in [-0.2, -0.15) is 0 Å². The number of benzene rings is 1. The van der Waals surface area contributed by atoms with Crippen molar-refractivity contribution < 1.29 is 13.2 Å². The highest BCUT2D eigenvalue weighted by Gasteiger charge is 2.25. The number of nitrogens with zero attached hydrogens (tertiary/aromatic N) is 1. The first-order chi connectivity index (χ1) is 9.98. The molecule has 0 aromatic heterocycles. The van der Waals surface area contributed by atoms with E-state index >= 15 is 0 Å². The number of carbonyl (C=O) groups excluding carboxylic acids is 1. The molecule has 1 aromatic rings. The number of urea groups is 1. The van der Waals surface area contributed by atoms with Gasteiger partial charge in [0.1, 0.15) is 0 Å². The second kappa shape index (κ2) is 6.76. The van der Waals surface area contributed by atoms with Crippen LogP contribution in [0.4, 0.5) is 4.79 Å². The summed E-state index contributed by atoms with van der Waals surface area (Å²) in [5.41, 5.74) is 0.765. The van der Waals surface area contributed by atoms with E-state index in [1.54, 1.807) is 17.0 Å². The van der Waals surface area contributed by atoms with Gasteiger partial charge in [-0.25, -0.2) is 17.9 Å². The van der Waals surface area contributed by atoms with Crippen molar-refractivity contribution in [1.82, 2.24) is 9.62 Å². The summed E-state index contributed by atoms with van der Waals surface area (Å²) >= 11 is 0. The van der Waals surface area contributed by atoms with Crippen molar-refractivity contribution in [1.29, 1.82) is 0 Å². The van der Waals surface area contributed by atoms with Gasteiger partial charge >= 0.3 is 6.03 Å². The highest BCUT2D eigenvalue weighted by molar-refractivity contribution is 7.93. The maximum Gasteiger partial charge on any atom is 0.331 e. The van der Waals surface area contributed by atoms with Gasteiger partial charge in [0.2, 0.25) is 0 Å². The van der Waals surface area contributed by atoms with Crippen LogP contribution in [0, 0.1) is 0 Å². The standard InChI is InChI=1S/C15H20N2O3S/c1-13-7-5-6-11-17(13)15(18)16-21(19,20)12-10-14-8-3-2-4-9-14/h2-4,8-10,12-13H,5-7,11H2,1H3,(H,16,18). The van der Waals surface area contributed by atoms with Crippen molar-refractivity contribution in [3.05, 3.63) is 41.3 Å². The molecule has 0 radical (unpaired) electrons. The Balaban J connectivity index is 2.00. The maximum absolute atomic E-state index is 12.0. The summed E-state index contributed by atoms with van der Waals surface area (Å²) in [6.07, 6.45) is 4.37. The van der Waals surface area contributed by atoms with Crippen molar-refractivity contribution in [2.45, 2.75) is 32.2 Å². The third-order valence-corrected chi connectivity index (χ3v) is 4.49. The molecule has 114 valence electrons. The average molecular weight is 308 g/mol. The van der Waals surface area contributed by atoms with Crippen LogP contribution in [0.15, 0.2) is 35.7 Å². The summed E-state index contributed by atoms with van der Waals surface area (Å²) in [6.45, 7) is 2.54. The highest BCUT2D eigenvalue weighted by Crippen LogP contribution is 2.16. The fourth-order valence-corrected chi connectivity index (χ4v) is 3.11. The Morgan fingerprint density at radius 3 is 2.67 bits per heavy atom. The summed E-state index contributed by atoms with van der Waals surface area (Å²) in [5, 5.41) is 1.02. The Morgan fingerprint density at radius 1 is 1.29 bits per heavy atom. The minimum absolute atomic E-state index is 0.0760. The lowest BCUT2D eigenvalue weighted by molar-refractivity contribution is 0.163. The first-order valence-corrected chi connectivity index (χ1v) is 8.59. The molecule has 1 unspecified atom stereocenters. The zero-order chi connectivity index (χ0) is 15.3. The molecule has 21 heavy (non-hydrogen) atoms. The van der Waals surface area contributed by atoms with Gasteiger partial charge in [0.25, 0.3) is 10.0 Å². The maximum atomic E-state index is 12.0. The Hall–Kier alpha value is -1.82. The van der Waals surface area contributed by atoms with Crippen LogP contribution in [0.1, 0.15) is 31.7 Å². The predicted molar refractivity (Wildman–Crippen MR) is 82.9 cm³/mol. The van der Waals surface area contributed by atoms with Crippen LogP contribution in [0.3, 0.4) is 0 Å². The first kappa shape index (κ1) is 15.6. The van der Waals surface area contributed by atoms with E-state index in [1.165, 1.54) is 6.08 Å². The number of hydrogen-bond acceptors (Lipinski definition) is 3. The molecule has 0 saturated carbocycles. The van der Waals surface area contributed by atoms with Crippen LogP contribution in [0.25, 0.3) is 6.08 Å². The van der Waals surface area contributed by atoms with Crippen molar-refractivity contribution in [2.75, 3.05) is 6.54 Å². The topological polar surface area (TPSA) is 66.5 Å². The third-order valence-electron chi connectivity index (χ3n) is 3.53. The summed E-state index contributed by atoms with van der Waals surface area (Å²) < 4.78 is 25.9. The summed E-state index contributed by atoms with van der Waals surface area (Å²) in [6, 6.07) is 8.61. The van der Waals surface area contributed by atoms with E-state index in [1.807, 2.05) is 25.1 Å². The van der Waals surface area contributed by atoms with Gasteiger partial charge in [-0.05, 0) is 37.8 Å². The number of piperidine rings is 1. The third kappa shape index (κ3) is 4.60. The summed E-state index contributed by atoms with van der Waals surface area (Å²) in [5.74, 6) is 0. The molecular weight excluding hydrogens is 288 g/mol. The molecule has 0 aliphatic carbocycles. The molecule has 1 aromatic carbocycles. The number of hydrogen-bond donors (Lipinski definition) is 1. The number of rotatable bonds is 3. The smallest absolute Gasteiger partial charge is 0.321 e. The van der Waals surface area contributed by atoms with E-state index in [4.69, 9.17) is 0 Å². The molecular formula is C15H20N2O3S. The lowest BCUT2D eigenvalue weighted by atomic mass is 10.0. The lowest BCUT2D eigenvalue weighted by Gasteiger charge is -2.32. The second-order valence-corrected chi connectivity index (χ2v) is 6.77. The Morgan fingerprint density at radius 2 is 2.00 bits per heavy atom. The van der Waals surface area contributed by atoms with Crippen LogP contribution >= 0.6 is 0 Å². The fourth-order valence-electron chi connectivity index (χ4n) is 2.35. The van der Waals surface area contributed by atoms with E-state index in [0.717, 1.165) is 30.2 Å². The molecule has 2 rings (SSSR count). The predicted octanol–water partition coefficient (Wildman–Crippen LogP) is 2.57. The van der Waals surface area contributed by atoms with Crippen molar-refractivity contribution in [3.8, 4) is 0 Å². The number of nitrogens with one attached hydrogen (secondary N) is 1. The molecule has 1 fully saturated rings. The van der Waals surface area contributed by atoms with Gasteiger partial charge in [-0.15, -0.1) is 0 Å². The van der Waals surface area contributed by atoms with Gasteiger partial charge in [-0.3, -0.25) is 0 Å². The monoisotopic (exact) mass is 308 g/mol. The van der Waals surface area contributed by atoms with Crippen molar-refractivity contribution >= 4 is 22.1 Å². The van der Waals surface area contributed by atoms with E-state index in [9.17, 15) is 13.2 Å². The molecule has 1 N–H and O–H groups in total. The molecule has 1 aliphatic heterocycles. The summed E-state index contributed by atoms with van der Waals surface area (Å²) in [4.78, 5) is 13.6. The van der Waals surface area contributed by atoms with Crippen molar-refractivity contribution in [2.24, 2.45) is 0 Å². The van der Waals surface area contributed by atoms with E-state index in [0.29, 0.717) is 6.54 Å². The Labute approximate surface area is 125 Å². The number of likely N-dealkylation sites (tertiary alicyclic amines) is 1. The molecule has 5 nitrogen and oxygen atoms in total. The quantitative estimate of drug-likeness (QED) is 0.933. The Bertz CT molecular complexity index is 611. The molecule has 1 saturated heterocycles. The summed E-state index contributed by atoms with van der Waals surface area (Å²) in [7, 11) is -3.77. The zero-order valence-corrected chi connectivity index (χ0v) is 12.8. The number of amides is 2. The van der Waals surface area contributed by atoms with Crippen LogP contribution in [-0.4, -0.2) is 31.9 Å². The molecule has 0 spiro atoms. The van der Waals surface area contributed by atoms with E-state index < -0.39 is 16.1 Å². The number of sulfonamides is 1. The van der Waals surface area contributed by atoms with Crippen LogP contribution in [-0.2, 0) is 10.0 Å². The zero-order valence-electron chi connectivity index (χ0n) is 12.0. The van der Waals surface area contributed by atoms with Crippen LogP contribution < -0.4 is 4.72 Å². The lowest BCUT2D eigenvalue weighted by Crippen LogP contribution is -2.48. The molecule has 0 bridgehead atoms. The molecule has 1 aliphatic rings. The minimum Gasteiger partial charge on any atom is -0.321 e. The molecule has 2 amide bonds. The normalized spacial score (nSPS) is 19.7. The highest BCUT2D eigenvalue weighted by atomic mass is 32.2. The minimum atomic E-state index is -3.77. The molecule has 6 heteroatoms. The van der Waals surface area contributed by atoms with Gasteiger partial charge < -0.3 is 4.90 Å². The second-order valence-electron chi connectivity index (χ2n) is 5.20. The van der Waals surface area contributed by atoms with Gasteiger partial charge in [0.05, 0.1) is 5.41 Å². The SMILES string of the molecule is CC1CCCCN1C(=O)NS(=O)(=O)C=Cc1ccccc1. The molecule has 1 atom stereocenters. The number of carbonyl (C=O) groups is 1. The Kier molecular flexibility index (Phi) is 5.01. The van der Waals surface area contributed by atoms with Crippen molar-refractivity contribution in [3.63, 3.8) is 0 Å².